The number of halogens is 2. The van der Waals surface area contributed by atoms with E-state index in [1.165, 1.54) is 0 Å². The van der Waals surface area contributed by atoms with E-state index in [1.54, 1.807) is 27.9 Å². The van der Waals surface area contributed by atoms with E-state index in [0.717, 1.165) is 17.8 Å². The Morgan fingerprint density at radius 3 is 2.89 bits per heavy atom. The van der Waals surface area contributed by atoms with Crippen molar-refractivity contribution in [2.75, 3.05) is 24.5 Å². The van der Waals surface area contributed by atoms with Crippen LogP contribution in [0.3, 0.4) is 0 Å². The van der Waals surface area contributed by atoms with Crippen LogP contribution >= 0.6 is 24.0 Å². The summed E-state index contributed by atoms with van der Waals surface area (Å²) < 4.78 is 1.74. The molecule has 4 rings (SSSR count). The lowest BCUT2D eigenvalue weighted by Gasteiger charge is -2.20. The zero-order chi connectivity index (χ0) is 19.0. The lowest BCUT2D eigenvalue weighted by molar-refractivity contribution is -0.129. The Bertz CT molecular complexity index is 872. The molecule has 2 fully saturated rings. The molecule has 3 atom stereocenters. The first-order valence-electron chi connectivity index (χ1n) is 9.09. The number of carbonyl (C=O) groups is 2. The lowest BCUT2D eigenvalue weighted by atomic mass is 9.90. The SMILES string of the molecule is Cl.Cn1cc([C@H]2CNC[C@@H]2C(=O)NC2CCN(c3cccc(Cl)c3)C2=O)cn1. The average Bonchev–Trinajstić information content (AvgIpc) is 3.36. The van der Waals surface area contributed by atoms with Crippen LogP contribution in [-0.2, 0) is 16.6 Å². The molecule has 7 nitrogen and oxygen atoms in total. The molecular weight excluding hydrogens is 401 g/mol. The minimum atomic E-state index is -0.494. The molecule has 2 amide bonds. The van der Waals surface area contributed by atoms with Crippen LogP contribution in [0.5, 0.6) is 0 Å². The number of nitrogens with zero attached hydrogens (tertiary/aromatic N) is 3. The maximum absolute atomic E-state index is 12.9. The Morgan fingerprint density at radius 1 is 1.36 bits per heavy atom. The van der Waals surface area contributed by atoms with Gasteiger partial charge in [0.25, 0.3) is 0 Å². The molecule has 0 radical (unpaired) electrons. The average molecular weight is 424 g/mol. The van der Waals surface area contributed by atoms with Gasteiger partial charge in [0.05, 0.1) is 12.1 Å². The first-order valence-corrected chi connectivity index (χ1v) is 9.47. The second-order valence-electron chi connectivity index (χ2n) is 7.14. The second-order valence-corrected chi connectivity index (χ2v) is 7.57. The van der Waals surface area contributed by atoms with E-state index < -0.39 is 6.04 Å². The van der Waals surface area contributed by atoms with Crippen molar-refractivity contribution in [3.05, 3.63) is 47.2 Å². The van der Waals surface area contributed by atoms with Gasteiger partial charge in [-0.2, -0.15) is 5.10 Å². The second kappa shape index (κ2) is 8.51. The van der Waals surface area contributed by atoms with Crippen molar-refractivity contribution in [1.82, 2.24) is 20.4 Å². The molecule has 2 aromatic rings. The van der Waals surface area contributed by atoms with Crippen LogP contribution in [0.25, 0.3) is 0 Å². The number of hydrogen-bond donors (Lipinski definition) is 2. The molecule has 150 valence electrons. The Kier molecular flexibility index (Phi) is 6.27. The monoisotopic (exact) mass is 423 g/mol. The number of aryl methyl sites for hydroxylation is 1. The van der Waals surface area contributed by atoms with E-state index in [4.69, 9.17) is 11.6 Å². The maximum Gasteiger partial charge on any atom is 0.249 e. The van der Waals surface area contributed by atoms with Crippen LogP contribution in [0.15, 0.2) is 36.7 Å². The summed E-state index contributed by atoms with van der Waals surface area (Å²) in [6, 6.07) is 6.72. The molecule has 2 aliphatic rings. The zero-order valence-electron chi connectivity index (χ0n) is 15.5. The van der Waals surface area contributed by atoms with Gasteiger partial charge >= 0.3 is 0 Å². The van der Waals surface area contributed by atoms with E-state index in [0.29, 0.717) is 24.5 Å². The predicted octanol–water partition coefficient (Wildman–Crippen LogP) is 1.72. The summed E-state index contributed by atoms with van der Waals surface area (Å²) in [7, 11) is 1.86. The van der Waals surface area contributed by atoms with Crippen molar-refractivity contribution in [3.63, 3.8) is 0 Å². The van der Waals surface area contributed by atoms with Crippen molar-refractivity contribution in [1.29, 1.82) is 0 Å². The van der Waals surface area contributed by atoms with E-state index >= 15 is 0 Å². The molecule has 1 aromatic heterocycles. The summed E-state index contributed by atoms with van der Waals surface area (Å²) in [5.41, 5.74) is 1.81. The van der Waals surface area contributed by atoms with Gasteiger partial charge in [0.15, 0.2) is 0 Å². The molecule has 2 saturated heterocycles. The molecule has 1 aromatic carbocycles. The summed E-state index contributed by atoms with van der Waals surface area (Å²) in [6.07, 6.45) is 4.34. The molecule has 2 aliphatic heterocycles. The minimum absolute atomic E-state index is 0. The number of hydrogen-bond acceptors (Lipinski definition) is 4. The first kappa shape index (κ1) is 20.6. The topological polar surface area (TPSA) is 79.3 Å². The van der Waals surface area contributed by atoms with Gasteiger partial charge in [-0.3, -0.25) is 14.3 Å². The van der Waals surface area contributed by atoms with Gasteiger partial charge in [-0.05, 0) is 30.2 Å². The summed E-state index contributed by atoms with van der Waals surface area (Å²) in [6.45, 7) is 1.90. The van der Waals surface area contributed by atoms with Gasteiger partial charge < -0.3 is 15.5 Å². The Morgan fingerprint density at radius 2 is 2.18 bits per heavy atom. The van der Waals surface area contributed by atoms with E-state index in [1.807, 2.05) is 25.4 Å². The fourth-order valence-electron chi connectivity index (χ4n) is 3.93. The fraction of sp³-hybridized carbons (Fsp3) is 0.421. The smallest absolute Gasteiger partial charge is 0.249 e. The number of aromatic nitrogens is 2. The molecule has 9 heteroatoms. The minimum Gasteiger partial charge on any atom is -0.344 e. The molecule has 0 saturated carbocycles. The number of rotatable bonds is 4. The van der Waals surface area contributed by atoms with Crippen LogP contribution in [0.2, 0.25) is 5.02 Å². The number of carbonyl (C=O) groups excluding carboxylic acids is 2. The first-order chi connectivity index (χ1) is 13.0. The number of amides is 2. The van der Waals surface area contributed by atoms with Crippen LogP contribution in [0.1, 0.15) is 17.9 Å². The van der Waals surface area contributed by atoms with Gasteiger partial charge in [-0.25, -0.2) is 0 Å². The van der Waals surface area contributed by atoms with Gasteiger partial charge in [0.2, 0.25) is 11.8 Å². The van der Waals surface area contributed by atoms with Crippen molar-refractivity contribution < 1.29 is 9.59 Å². The van der Waals surface area contributed by atoms with Gasteiger partial charge in [-0.15, -0.1) is 12.4 Å². The number of benzene rings is 1. The van der Waals surface area contributed by atoms with E-state index in [-0.39, 0.29) is 36.1 Å². The molecule has 2 N–H and O–H groups in total. The molecule has 28 heavy (non-hydrogen) atoms. The predicted molar refractivity (Wildman–Crippen MR) is 110 cm³/mol. The van der Waals surface area contributed by atoms with Crippen LogP contribution in [0, 0.1) is 5.92 Å². The summed E-state index contributed by atoms with van der Waals surface area (Å²) in [5.74, 6) is -0.309. The molecule has 0 bridgehead atoms. The molecule has 3 heterocycles. The van der Waals surface area contributed by atoms with E-state index in [9.17, 15) is 9.59 Å². The quantitative estimate of drug-likeness (QED) is 0.784. The highest BCUT2D eigenvalue weighted by atomic mass is 35.5. The largest absolute Gasteiger partial charge is 0.344 e. The summed E-state index contributed by atoms with van der Waals surface area (Å²) >= 11 is 6.03. The summed E-state index contributed by atoms with van der Waals surface area (Å²) in [5, 5.41) is 11.0. The van der Waals surface area contributed by atoms with Crippen molar-refractivity contribution in [2.45, 2.75) is 18.4 Å². The third kappa shape index (κ3) is 4.01. The molecule has 1 unspecified atom stereocenters. The van der Waals surface area contributed by atoms with Gasteiger partial charge in [0, 0.05) is 49.5 Å². The Balaban J connectivity index is 0.00000225. The van der Waals surface area contributed by atoms with Crippen molar-refractivity contribution >= 4 is 41.5 Å². The van der Waals surface area contributed by atoms with Crippen LogP contribution in [-0.4, -0.2) is 47.3 Å². The standard InChI is InChI=1S/C19H22ClN5O2.ClH/c1-24-11-12(8-22-24)15-9-21-10-16(15)18(26)23-17-5-6-25(19(17)27)14-4-2-3-13(20)7-14;/h2-4,7-8,11,15-17,21H,5-6,9-10H2,1H3,(H,23,26);1H/t15-,16+,17?;/m1./s1. The fourth-order valence-corrected chi connectivity index (χ4v) is 4.11. The number of anilines is 1. The normalized spacial score (nSPS) is 24.3. The van der Waals surface area contributed by atoms with Crippen LogP contribution < -0.4 is 15.5 Å². The molecule has 0 aliphatic carbocycles. The van der Waals surface area contributed by atoms with Gasteiger partial charge in [-0.1, -0.05) is 17.7 Å². The van der Waals surface area contributed by atoms with Crippen LogP contribution in [0.4, 0.5) is 5.69 Å². The highest BCUT2D eigenvalue weighted by molar-refractivity contribution is 6.31. The third-order valence-corrected chi connectivity index (χ3v) is 5.58. The van der Waals surface area contributed by atoms with E-state index in [2.05, 4.69) is 15.7 Å². The molecule has 0 spiro atoms. The Hall–Kier alpha value is -2.09. The zero-order valence-corrected chi connectivity index (χ0v) is 17.0. The highest BCUT2D eigenvalue weighted by Crippen LogP contribution is 2.29. The maximum atomic E-state index is 12.9. The number of nitrogens with one attached hydrogen (secondary N) is 2. The van der Waals surface area contributed by atoms with Gasteiger partial charge in [0.1, 0.15) is 6.04 Å². The third-order valence-electron chi connectivity index (χ3n) is 5.35. The van der Waals surface area contributed by atoms with Crippen molar-refractivity contribution in [2.24, 2.45) is 13.0 Å². The Labute approximate surface area is 174 Å². The lowest BCUT2D eigenvalue weighted by Crippen LogP contribution is -2.45. The summed E-state index contributed by atoms with van der Waals surface area (Å²) in [4.78, 5) is 27.3. The molecular formula is C19H23Cl2N5O2. The highest BCUT2D eigenvalue weighted by Gasteiger charge is 2.39. The van der Waals surface area contributed by atoms with Crippen molar-refractivity contribution in [3.8, 4) is 0 Å².